The van der Waals surface area contributed by atoms with Gasteiger partial charge in [0.25, 0.3) is 0 Å². The van der Waals surface area contributed by atoms with Crippen molar-refractivity contribution in [2.24, 2.45) is 0 Å². The lowest BCUT2D eigenvalue weighted by atomic mass is 9.80. The van der Waals surface area contributed by atoms with E-state index in [1.807, 2.05) is 72.8 Å². The van der Waals surface area contributed by atoms with Crippen LogP contribution in [0, 0.1) is 0 Å². The van der Waals surface area contributed by atoms with E-state index >= 15 is 0 Å². The average Bonchev–Trinajstić information content (AvgIpc) is 1.59. The van der Waals surface area contributed by atoms with Crippen LogP contribution in [0.2, 0.25) is 0 Å². The van der Waals surface area contributed by atoms with E-state index in [2.05, 4.69) is 249 Å². The fraction of sp³-hybridized carbons (Fsp3) is 0.364. The molecular formula is C88H98N8O4. The number of aromatic nitrogens is 8. The van der Waals surface area contributed by atoms with Crippen LogP contribution in [0.1, 0.15) is 211 Å². The minimum Gasteiger partial charge on any atom is -0.457 e. The topological polar surface area (TPSA) is 146 Å². The van der Waals surface area contributed by atoms with Gasteiger partial charge in [0.2, 0.25) is 0 Å². The number of nitrogens with one attached hydrogen (secondary N) is 2. The molecule has 514 valence electrons. The van der Waals surface area contributed by atoms with Gasteiger partial charge in [-0.25, -0.2) is 29.9 Å². The number of aromatic amines is 2. The van der Waals surface area contributed by atoms with Gasteiger partial charge in [-0.05, 0) is 209 Å². The Morgan fingerprint density at radius 2 is 0.410 bits per heavy atom. The van der Waals surface area contributed by atoms with E-state index in [1.165, 1.54) is 44.5 Å². The van der Waals surface area contributed by atoms with Gasteiger partial charge in [-0.2, -0.15) is 0 Å². The number of H-pyrrole nitrogens is 2. The van der Waals surface area contributed by atoms with Crippen LogP contribution in [0.5, 0.6) is 46.0 Å². The molecule has 0 unspecified atom stereocenters. The molecule has 0 saturated heterocycles. The summed E-state index contributed by atoms with van der Waals surface area (Å²) in [6.07, 6.45) is 0. The summed E-state index contributed by atoms with van der Waals surface area (Å²) >= 11 is 0. The van der Waals surface area contributed by atoms with E-state index in [4.69, 9.17) is 48.9 Å². The van der Waals surface area contributed by atoms with Crippen LogP contribution >= 0.6 is 0 Å². The molecule has 0 fully saturated rings. The van der Waals surface area contributed by atoms with Crippen molar-refractivity contribution in [1.29, 1.82) is 0 Å². The Hall–Kier alpha value is -9.68. The third-order valence-electron chi connectivity index (χ3n) is 19.2. The first-order chi connectivity index (χ1) is 46.4. The average molecular weight is 1330 g/mol. The molecule has 2 aliphatic heterocycles. The SMILES string of the molecule is CC(C)(C)c1cc(Oc2ccc3c(c2)-c2nc-3nc3[nH]c(nc4nc(nc5[nH]c(n2)c2ccc(Oc6cc(C(C)(C)C)cc(C(C)(C)C)c6)cc52)-c2ccc(Oc5cc(C(C)(C)C)cc(C(C)(C)C)c5)cc2-4)c2ccc(Oc4cc(C(C)(C)C)cc(C(C)(C)C)c4)cc32)cc(C(C)(C)C)c1. The molecule has 2 N–H and O–H groups in total. The standard InChI is InChI=1S/C88H98N8O4/c1-81(2,3)49-33-50(82(4,5)6)38-61(37-49)97-57-25-29-65-69(45-57)77-89-73(65)94-78-71-47-59(99-63-41-53(85(13,14)15)35-54(42-63)86(16,17)18)27-31-67(71)75(91-78)96-80-72-48-60(100-64-43-55(87(19,20)21)36-56(44-64)88(22,23)24)28-32-68(72)76(92-80)95-79-70-46-58(26-30-66(70)74(90-79)93-77)98-62-39-51(83(7,8)9)34-52(40-62)84(10,11)12/h25-48H,1-24H3,(H2,89,90,91,92,93,94,95,96). The minimum absolute atomic E-state index is 0.121. The Kier molecular flexibility index (Phi) is 16.5. The quantitative estimate of drug-likeness (QED) is 0.151. The zero-order chi connectivity index (χ0) is 71.9. The number of fused-ring (bicyclic) bond motifs is 20. The molecule has 0 spiro atoms. The molecular weight excluding hydrogens is 1230 g/mol. The third kappa shape index (κ3) is 14.1. The highest BCUT2D eigenvalue weighted by atomic mass is 16.5. The van der Waals surface area contributed by atoms with E-state index < -0.39 is 0 Å². The second-order valence-electron chi connectivity index (χ2n) is 35.8. The van der Waals surface area contributed by atoms with Crippen LogP contribution in [0.4, 0.5) is 0 Å². The van der Waals surface area contributed by atoms with Gasteiger partial charge in [0.05, 0.1) is 0 Å². The van der Waals surface area contributed by atoms with Crippen LogP contribution in [0.3, 0.4) is 0 Å². The predicted molar refractivity (Wildman–Crippen MR) is 412 cm³/mol. The summed E-state index contributed by atoms with van der Waals surface area (Å²) in [7, 11) is 0. The van der Waals surface area contributed by atoms with Crippen LogP contribution in [-0.2, 0) is 43.3 Å². The summed E-state index contributed by atoms with van der Waals surface area (Å²) in [6, 6.07) is 50.6. The Morgan fingerprint density at radius 3 is 0.650 bits per heavy atom. The van der Waals surface area contributed by atoms with E-state index in [-0.39, 0.29) is 43.3 Å². The zero-order valence-electron chi connectivity index (χ0n) is 63.2. The maximum absolute atomic E-state index is 6.95. The number of ether oxygens (including phenoxy) is 4. The van der Waals surface area contributed by atoms with Crippen molar-refractivity contribution in [3.63, 3.8) is 0 Å². The highest BCUT2D eigenvalue weighted by Crippen LogP contribution is 2.46. The molecule has 0 saturated carbocycles. The summed E-state index contributed by atoms with van der Waals surface area (Å²) in [5, 5.41) is 3.12. The Morgan fingerprint density at radius 1 is 0.200 bits per heavy atom. The van der Waals surface area contributed by atoms with Gasteiger partial charge in [0.15, 0.2) is 23.3 Å². The van der Waals surface area contributed by atoms with Gasteiger partial charge in [-0.1, -0.05) is 190 Å². The van der Waals surface area contributed by atoms with Crippen molar-refractivity contribution in [1.82, 2.24) is 39.9 Å². The van der Waals surface area contributed by atoms with Crippen LogP contribution in [0.15, 0.2) is 146 Å². The molecule has 0 amide bonds. The predicted octanol–water partition coefficient (Wildman–Crippen LogP) is 24.4. The molecule has 8 aromatic carbocycles. The fourth-order valence-electron chi connectivity index (χ4n) is 12.6. The van der Waals surface area contributed by atoms with Crippen LogP contribution in [-0.4, -0.2) is 39.9 Å². The fourth-order valence-corrected chi connectivity index (χ4v) is 12.6. The molecule has 3 aromatic heterocycles. The summed E-state index contributed by atoms with van der Waals surface area (Å²) < 4.78 is 27.8. The smallest absolute Gasteiger partial charge is 0.164 e. The van der Waals surface area contributed by atoms with Crippen molar-refractivity contribution in [3.8, 4) is 91.5 Å². The van der Waals surface area contributed by atoms with Gasteiger partial charge >= 0.3 is 0 Å². The van der Waals surface area contributed by atoms with Crippen molar-refractivity contribution in [2.45, 2.75) is 209 Å². The molecule has 11 aromatic rings. The minimum atomic E-state index is -0.122. The number of benzene rings is 8. The first-order valence-corrected chi connectivity index (χ1v) is 35.2. The van der Waals surface area contributed by atoms with E-state index in [9.17, 15) is 0 Å². The molecule has 2 aliphatic rings. The van der Waals surface area contributed by atoms with Crippen molar-refractivity contribution in [3.05, 3.63) is 190 Å². The monoisotopic (exact) mass is 1330 g/mol. The largest absolute Gasteiger partial charge is 0.457 e. The van der Waals surface area contributed by atoms with E-state index in [1.54, 1.807) is 0 Å². The Bertz CT molecular complexity index is 4820. The third-order valence-corrected chi connectivity index (χ3v) is 19.2. The van der Waals surface area contributed by atoms with Gasteiger partial charge in [-0.3, -0.25) is 0 Å². The maximum Gasteiger partial charge on any atom is 0.164 e. The van der Waals surface area contributed by atoms with E-state index in [0.29, 0.717) is 68.9 Å². The highest BCUT2D eigenvalue weighted by molar-refractivity contribution is 6.07. The molecule has 8 bridgehead atoms. The number of nitrogens with zero attached hydrogens (tertiary/aromatic N) is 6. The van der Waals surface area contributed by atoms with Crippen LogP contribution < -0.4 is 18.9 Å². The number of rotatable bonds is 8. The maximum atomic E-state index is 6.95. The van der Waals surface area contributed by atoms with E-state index in [0.717, 1.165) is 66.8 Å². The van der Waals surface area contributed by atoms with Gasteiger partial charge in [0.1, 0.15) is 68.6 Å². The zero-order valence-corrected chi connectivity index (χ0v) is 63.2. The summed E-state index contributed by atoms with van der Waals surface area (Å²) in [5.74, 6) is 7.27. The molecule has 0 radical (unpaired) electrons. The normalized spacial score (nSPS) is 13.2. The van der Waals surface area contributed by atoms with Gasteiger partial charge < -0.3 is 28.9 Å². The lowest BCUT2D eigenvalue weighted by molar-refractivity contribution is 0.473. The molecule has 12 heteroatoms. The highest BCUT2D eigenvalue weighted by Gasteiger charge is 2.30. The van der Waals surface area contributed by atoms with Gasteiger partial charge in [-0.15, -0.1) is 0 Å². The lowest BCUT2D eigenvalue weighted by Crippen LogP contribution is -2.16. The Labute approximate surface area is 590 Å². The summed E-state index contributed by atoms with van der Waals surface area (Å²) in [6.45, 7) is 53.6. The molecule has 0 atom stereocenters. The van der Waals surface area contributed by atoms with Crippen molar-refractivity contribution in [2.75, 3.05) is 0 Å². The molecule has 0 aliphatic carbocycles. The van der Waals surface area contributed by atoms with Crippen molar-refractivity contribution >= 4 is 44.1 Å². The second kappa shape index (κ2) is 24.0. The molecule has 13 rings (SSSR count). The summed E-state index contributed by atoms with van der Waals surface area (Å²) in [5.41, 5.74) is 13.6. The molecule has 100 heavy (non-hydrogen) atoms. The number of hydrogen-bond donors (Lipinski definition) is 2. The van der Waals surface area contributed by atoms with Gasteiger partial charge in [0, 0.05) is 43.8 Å². The second-order valence-corrected chi connectivity index (χ2v) is 35.8. The first-order valence-electron chi connectivity index (χ1n) is 35.2. The number of hydrogen-bond acceptors (Lipinski definition) is 10. The van der Waals surface area contributed by atoms with Crippen molar-refractivity contribution < 1.29 is 18.9 Å². The first kappa shape index (κ1) is 68.8. The van der Waals surface area contributed by atoms with Crippen LogP contribution in [0.25, 0.3) is 89.7 Å². The Balaban J connectivity index is 1.06. The molecule has 5 heterocycles. The summed E-state index contributed by atoms with van der Waals surface area (Å²) in [4.78, 5) is 40.2. The lowest BCUT2D eigenvalue weighted by Gasteiger charge is -2.26. The molecule has 12 nitrogen and oxygen atoms in total.